The van der Waals surface area contributed by atoms with Crippen LogP contribution in [0.5, 0.6) is 0 Å². The number of rotatable bonds is 8. The van der Waals surface area contributed by atoms with Crippen molar-refractivity contribution in [3.05, 3.63) is 89.2 Å². The third-order valence-corrected chi connectivity index (χ3v) is 6.74. The molecule has 2 amide bonds. The van der Waals surface area contributed by atoms with Gasteiger partial charge in [-0.25, -0.2) is 9.37 Å². The molecule has 0 saturated carbocycles. The van der Waals surface area contributed by atoms with Crippen molar-refractivity contribution in [3.8, 4) is 0 Å². The Morgan fingerprint density at radius 2 is 1.75 bits per heavy atom. The smallest absolute Gasteiger partial charge is 0.234 e. The van der Waals surface area contributed by atoms with E-state index in [1.165, 1.54) is 35.2 Å². The highest BCUT2D eigenvalue weighted by Gasteiger charge is 2.11. The zero-order valence-corrected chi connectivity index (χ0v) is 18.6. The maximum absolute atomic E-state index is 12.9. The standard InChI is InChI=1S/C24H20FN3O2S2/c25-18-10-8-16(9-11-18)13-26-22(29)12-19-14-31-24(27-19)32-15-23(30)28-21-7-3-5-17-4-1-2-6-20(17)21/h1-11,14H,12-13,15H2,(H,26,29)(H,28,30). The fraction of sp³-hybridized carbons (Fsp3) is 0.125. The van der Waals surface area contributed by atoms with Crippen LogP contribution in [-0.4, -0.2) is 22.6 Å². The molecular formula is C24H20FN3O2S2. The molecule has 0 unspecified atom stereocenters. The molecule has 0 saturated heterocycles. The predicted octanol–water partition coefficient (Wildman–Crippen LogP) is 5.03. The van der Waals surface area contributed by atoms with E-state index in [4.69, 9.17) is 0 Å². The van der Waals surface area contributed by atoms with Crippen LogP contribution in [0.4, 0.5) is 10.1 Å². The van der Waals surface area contributed by atoms with Gasteiger partial charge in [-0.1, -0.05) is 60.3 Å². The Morgan fingerprint density at radius 3 is 2.59 bits per heavy atom. The van der Waals surface area contributed by atoms with E-state index in [0.29, 0.717) is 12.2 Å². The number of fused-ring (bicyclic) bond motifs is 1. The molecule has 4 aromatic rings. The van der Waals surface area contributed by atoms with Gasteiger partial charge < -0.3 is 10.6 Å². The van der Waals surface area contributed by atoms with E-state index >= 15 is 0 Å². The number of anilines is 1. The van der Waals surface area contributed by atoms with E-state index in [1.807, 2.05) is 47.8 Å². The average Bonchev–Trinajstić information content (AvgIpc) is 3.25. The Kier molecular flexibility index (Phi) is 7.14. The Labute approximate surface area is 193 Å². The lowest BCUT2D eigenvalue weighted by molar-refractivity contribution is -0.120. The second kappa shape index (κ2) is 10.4. The van der Waals surface area contributed by atoms with E-state index in [0.717, 1.165) is 26.4 Å². The molecule has 162 valence electrons. The van der Waals surface area contributed by atoms with Gasteiger partial charge in [0, 0.05) is 23.0 Å². The highest BCUT2D eigenvalue weighted by molar-refractivity contribution is 8.01. The number of benzene rings is 3. The highest BCUT2D eigenvalue weighted by atomic mass is 32.2. The molecule has 3 aromatic carbocycles. The first-order valence-corrected chi connectivity index (χ1v) is 11.8. The van der Waals surface area contributed by atoms with Crippen molar-refractivity contribution < 1.29 is 14.0 Å². The molecule has 8 heteroatoms. The Morgan fingerprint density at radius 1 is 0.969 bits per heavy atom. The SMILES string of the molecule is O=C(Cc1csc(SCC(=O)Nc2cccc3ccccc23)n1)NCc1ccc(F)cc1. The molecule has 0 aliphatic rings. The summed E-state index contributed by atoms with van der Waals surface area (Å²) >= 11 is 2.75. The minimum absolute atomic E-state index is 0.111. The van der Waals surface area contributed by atoms with Gasteiger partial charge in [0.2, 0.25) is 11.8 Å². The van der Waals surface area contributed by atoms with Gasteiger partial charge in [0.05, 0.1) is 17.9 Å². The zero-order valence-electron chi connectivity index (χ0n) is 17.0. The van der Waals surface area contributed by atoms with Gasteiger partial charge in [-0.2, -0.15) is 0 Å². The monoisotopic (exact) mass is 465 g/mol. The van der Waals surface area contributed by atoms with E-state index in [1.54, 1.807) is 12.1 Å². The summed E-state index contributed by atoms with van der Waals surface area (Å²) in [5.41, 5.74) is 2.27. The molecule has 0 aliphatic heterocycles. The summed E-state index contributed by atoms with van der Waals surface area (Å²) in [5.74, 6) is -0.351. The number of amides is 2. The summed E-state index contributed by atoms with van der Waals surface area (Å²) in [5, 5.41) is 9.65. The van der Waals surface area contributed by atoms with Crippen LogP contribution in [0.1, 0.15) is 11.3 Å². The number of nitrogens with one attached hydrogen (secondary N) is 2. The summed E-state index contributed by atoms with van der Waals surface area (Å²) < 4.78 is 13.7. The molecular weight excluding hydrogens is 445 g/mol. The molecule has 0 spiro atoms. The van der Waals surface area contributed by atoms with Crippen molar-refractivity contribution in [1.82, 2.24) is 10.3 Å². The number of nitrogens with zero attached hydrogens (tertiary/aromatic N) is 1. The molecule has 0 atom stereocenters. The van der Waals surface area contributed by atoms with Crippen LogP contribution in [0.25, 0.3) is 10.8 Å². The van der Waals surface area contributed by atoms with E-state index in [9.17, 15) is 14.0 Å². The summed E-state index contributed by atoms with van der Waals surface area (Å²) in [7, 11) is 0. The number of hydrogen-bond acceptors (Lipinski definition) is 5. The van der Waals surface area contributed by atoms with Crippen LogP contribution in [0, 0.1) is 5.82 Å². The Hall–Kier alpha value is -3.23. The van der Waals surface area contributed by atoms with Gasteiger partial charge in [-0.3, -0.25) is 9.59 Å². The normalized spacial score (nSPS) is 10.8. The third-order valence-electron chi connectivity index (χ3n) is 4.67. The number of carbonyl (C=O) groups is 2. The molecule has 1 heterocycles. The van der Waals surface area contributed by atoms with E-state index in [-0.39, 0.29) is 29.8 Å². The van der Waals surface area contributed by atoms with Crippen LogP contribution >= 0.6 is 23.1 Å². The number of thioether (sulfide) groups is 1. The first-order valence-electron chi connectivity index (χ1n) is 9.93. The maximum atomic E-state index is 12.9. The van der Waals surface area contributed by atoms with Crippen molar-refractivity contribution in [3.63, 3.8) is 0 Å². The molecule has 0 radical (unpaired) electrons. The first kappa shape index (κ1) is 22.0. The molecule has 4 rings (SSSR count). The molecule has 2 N–H and O–H groups in total. The molecule has 5 nitrogen and oxygen atoms in total. The number of carbonyl (C=O) groups excluding carboxylic acids is 2. The Bertz CT molecular complexity index is 1240. The lowest BCUT2D eigenvalue weighted by Crippen LogP contribution is -2.24. The number of hydrogen-bond donors (Lipinski definition) is 2. The van der Waals surface area contributed by atoms with Crippen molar-refractivity contribution in [1.29, 1.82) is 0 Å². The summed E-state index contributed by atoms with van der Waals surface area (Å²) in [4.78, 5) is 29.0. The van der Waals surface area contributed by atoms with Crippen molar-refractivity contribution in [2.45, 2.75) is 17.3 Å². The van der Waals surface area contributed by atoms with Gasteiger partial charge in [-0.15, -0.1) is 11.3 Å². The maximum Gasteiger partial charge on any atom is 0.234 e. The fourth-order valence-electron chi connectivity index (χ4n) is 3.11. The number of thiazole rings is 1. The molecule has 0 bridgehead atoms. The van der Waals surface area contributed by atoms with Crippen LogP contribution in [-0.2, 0) is 22.6 Å². The summed E-state index contributed by atoms with van der Waals surface area (Å²) in [6.07, 6.45) is 0.153. The molecule has 0 aliphatic carbocycles. The minimum Gasteiger partial charge on any atom is -0.352 e. The van der Waals surface area contributed by atoms with Crippen molar-refractivity contribution >= 4 is 51.4 Å². The summed E-state index contributed by atoms with van der Waals surface area (Å²) in [6.45, 7) is 0.333. The quantitative estimate of drug-likeness (QED) is 0.358. The molecule has 32 heavy (non-hydrogen) atoms. The van der Waals surface area contributed by atoms with E-state index in [2.05, 4.69) is 15.6 Å². The largest absolute Gasteiger partial charge is 0.352 e. The van der Waals surface area contributed by atoms with Crippen LogP contribution in [0.15, 0.2) is 76.4 Å². The second-order valence-corrected chi connectivity index (χ2v) is 9.13. The van der Waals surface area contributed by atoms with Gasteiger partial charge in [0.1, 0.15) is 5.82 Å². The van der Waals surface area contributed by atoms with Gasteiger partial charge in [0.25, 0.3) is 0 Å². The topological polar surface area (TPSA) is 71.1 Å². The number of aromatic nitrogens is 1. The fourth-order valence-corrected chi connectivity index (χ4v) is 4.76. The Balaban J connectivity index is 1.25. The highest BCUT2D eigenvalue weighted by Crippen LogP contribution is 2.25. The van der Waals surface area contributed by atoms with Gasteiger partial charge in [0.15, 0.2) is 4.34 Å². The van der Waals surface area contributed by atoms with Crippen LogP contribution in [0.3, 0.4) is 0 Å². The third kappa shape index (κ3) is 5.93. The molecule has 0 fully saturated rings. The lowest BCUT2D eigenvalue weighted by atomic mass is 10.1. The first-order chi connectivity index (χ1) is 15.6. The zero-order chi connectivity index (χ0) is 22.3. The van der Waals surface area contributed by atoms with Gasteiger partial charge >= 0.3 is 0 Å². The van der Waals surface area contributed by atoms with Crippen molar-refractivity contribution in [2.24, 2.45) is 0 Å². The lowest BCUT2D eigenvalue weighted by Gasteiger charge is -2.08. The summed E-state index contributed by atoms with van der Waals surface area (Å²) in [6, 6.07) is 19.7. The predicted molar refractivity (Wildman–Crippen MR) is 127 cm³/mol. The van der Waals surface area contributed by atoms with Crippen LogP contribution in [0.2, 0.25) is 0 Å². The number of halogens is 1. The van der Waals surface area contributed by atoms with Gasteiger partial charge in [-0.05, 0) is 29.1 Å². The van der Waals surface area contributed by atoms with Crippen LogP contribution < -0.4 is 10.6 Å². The van der Waals surface area contributed by atoms with Crippen molar-refractivity contribution in [2.75, 3.05) is 11.1 Å². The minimum atomic E-state index is -0.307. The second-order valence-electron chi connectivity index (χ2n) is 7.05. The average molecular weight is 466 g/mol. The van der Waals surface area contributed by atoms with E-state index < -0.39 is 0 Å². The molecule has 1 aromatic heterocycles.